The predicted molar refractivity (Wildman–Crippen MR) is 75.2 cm³/mol. The first-order valence-corrected chi connectivity index (χ1v) is 7.19. The van der Waals surface area contributed by atoms with E-state index < -0.39 is 0 Å². The molecule has 0 atom stereocenters. The Kier molecular flexibility index (Phi) is 5.14. The third kappa shape index (κ3) is 3.79. The summed E-state index contributed by atoms with van der Waals surface area (Å²) >= 11 is 0. The SMILES string of the molecule is CCCN(Cc1ccccn1)C1CCC(N)CC1. The van der Waals surface area contributed by atoms with Crippen molar-refractivity contribution in [2.24, 2.45) is 5.73 Å². The summed E-state index contributed by atoms with van der Waals surface area (Å²) in [6.45, 7) is 4.39. The molecule has 1 aliphatic carbocycles. The maximum Gasteiger partial charge on any atom is 0.0544 e. The molecule has 18 heavy (non-hydrogen) atoms. The molecule has 2 rings (SSSR count). The Morgan fingerprint density at radius 2 is 2.06 bits per heavy atom. The van der Waals surface area contributed by atoms with E-state index in [0.717, 1.165) is 13.1 Å². The maximum atomic E-state index is 5.99. The van der Waals surface area contributed by atoms with E-state index in [1.165, 1.54) is 37.8 Å². The van der Waals surface area contributed by atoms with Gasteiger partial charge in [-0.05, 0) is 50.8 Å². The second-order valence-electron chi connectivity index (χ2n) is 5.36. The molecule has 1 fully saturated rings. The van der Waals surface area contributed by atoms with Crippen molar-refractivity contribution < 1.29 is 0 Å². The summed E-state index contributed by atoms with van der Waals surface area (Å²) in [5.41, 5.74) is 7.17. The molecule has 0 radical (unpaired) electrons. The predicted octanol–water partition coefficient (Wildman–Crippen LogP) is 2.56. The van der Waals surface area contributed by atoms with Crippen LogP contribution >= 0.6 is 0 Å². The smallest absolute Gasteiger partial charge is 0.0544 e. The number of nitrogens with zero attached hydrogens (tertiary/aromatic N) is 2. The van der Waals surface area contributed by atoms with Crippen molar-refractivity contribution >= 4 is 0 Å². The molecule has 1 aliphatic rings. The van der Waals surface area contributed by atoms with E-state index in [2.05, 4.69) is 28.9 Å². The van der Waals surface area contributed by atoms with Crippen molar-refractivity contribution in [3.05, 3.63) is 30.1 Å². The third-order valence-electron chi connectivity index (χ3n) is 3.86. The molecule has 2 N–H and O–H groups in total. The van der Waals surface area contributed by atoms with Crippen LogP contribution in [0, 0.1) is 0 Å². The minimum absolute atomic E-state index is 0.430. The van der Waals surface area contributed by atoms with Crippen LogP contribution in [0.15, 0.2) is 24.4 Å². The molecule has 0 saturated heterocycles. The number of pyridine rings is 1. The van der Waals surface area contributed by atoms with Crippen LogP contribution in [0.3, 0.4) is 0 Å². The van der Waals surface area contributed by atoms with Crippen LogP contribution < -0.4 is 5.73 Å². The van der Waals surface area contributed by atoms with Gasteiger partial charge in [0.2, 0.25) is 0 Å². The van der Waals surface area contributed by atoms with Gasteiger partial charge in [0.1, 0.15) is 0 Å². The van der Waals surface area contributed by atoms with Gasteiger partial charge in [0, 0.05) is 24.8 Å². The number of nitrogens with two attached hydrogens (primary N) is 1. The molecule has 1 saturated carbocycles. The number of rotatable bonds is 5. The van der Waals surface area contributed by atoms with E-state index in [1.54, 1.807) is 0 Å². The molecule has 0 amide bonds. The van der Waals surface area contributed by atoms with Crippen LogP contribution in [0.25, 0.3) is 0 Å². The van der Waals surface area contributed by atoms with Crippen molar-refractivity contribution in [1.29, 1.82) is 0 Å². The van der Waals surface area contributed by atoms with Crippen LogP contribution in [-0.4, -0.2) is 28.5 Å². The van der Waals surface area contributed by atoms with E-state index in [4.69, 9.17) is 5.73 Å². The molecule has 3 nitrogen and oxygen atoms in total. The fourth-order valence-corrected chi connectivity index (χ4v) is 2.84. The molecule has 0 unspecified atom stereocenters. The Hall–Kier alpha value is -0.930. The largest absolute Gasteiger partial charge is 0.328 e. The van der Waals surface area contributed by atoms with Gasteiger partial charge < -0.3 is 5.73 Å². The van der Waals surface area contributed by atoms with E-state index in [0.29, 0.717) is 12.1 Å². The van der Waals surface area contributed by atoms with Gasteiger partial charge in [-0.15, -0.1) is 0 Å². The topological polar surface area (TPSA) is 42.2 Å². The van der Waals surface area contributed by atoms with Gasteiger partial charge >= 0.3 is 0 Å². The second-order valence-corrected chi connectivity index (χ2v) is 5.36. The summed E-state index contributed by atoms with van der Waals surface area (Å²) in [5.74, 6) is 0. The van der Waals surface area contributed by atoms with E-state index >= 15 is 0 Å². The van der Waals surface area contributed by atoms with Gasteiger partial charge in [-0.3, -0.25) is 9.88 Å². The molecule has 1 aromatic heterocycles. The molecule has 3 heteroatoms. The van der Waals surface area contributed by atoms with Gasteiger partial charge in [-0.2, -0.15) is 0 Å². The lowest BCUT2D eigenvalue weighted by atomic mass is 9.90. The van der Waals surface area contributed by atoms with Crippen LogP contribution in [0.2, 0.25) is 0 Å². The highest BCUT2D eigenvalue weighted by Gasteiger charge is 2.23. The summed E-state index contributed by atoms with van der Waals surface area (Å²) in [5, 5.41) is 0. The normalized spacial score (nSPS) is 24.4. The fourth-order valence-electron chi connectivity index (χ4n) is 2.84. The minimum atomic E-state index is 0.430. The van der Waals surface area contributed by atoms with Crippen molar-refractivity contribution in [3.63, 3.8) is 0 Å². The van der Waals surface area contributed by atoms with Crippen LogP contribution in [-0.2, 0) is 6.54 Å². The van der Waals surface area contributed by atoms with Gasteiger partial charge in [0.05, 0.1) is 5.69 Å². The first kappa shape index (κ1) is 13.5. The molecule has 0 bridgehead atoms. The molecule has 0 aromatic carbocycles. The average Bonchev–Trinajstić information content (AvgIpc) is 2.40. The van der Waals surface area contributed by atoms with Gasteiger partial charge in [-0.1, -0.05) is 13.0 Å². The highest BCUT2D eigenvalue weighted by atomic mass is 15.2. The van der Waals surface area contributed by atoms with E-state index in [9.17, 15) is 0 Å². The van der Waals surface area contributed by atoms with Gasteiger partial charge in [0.25, 0.3) is 0 Å². The zero-order chi connectivity index (χ0) is 12.8. The lowest BCUT2D eigenvalue weighted by Crippen LogP contribution is -2.41. The molecule has 1 aromatic rings. The fraction of sp³-hybridized carbons (Fsp3) is 0.667. The zero-order valence-corrected chi connectivity index (χ0v) is 11.4. The van der Waals surface area contributed by atoms with E-state index in [-0.39, 0.29) is 0 Å². The van der Waals surface area contributed by atoms with Crippen molar-refractivity contribution in [2.45, 2.75) is 57.7 Å². The summed E-state index contributed by atoms with van der Waals surface area (Å²) in [6.07, 6.45) is 7.92. The third-order valence-corrected chi connectivity index (χ3v) is 3.86. The highest BCUT2D eigenvalue weighted by Crippen LogP contribution is 2.23. The van der Waals surface area contributed by atoms with Crippen LogP contribution in [0.4, 0.5) is 0 Å². The molecule has 100 valence electrons. The summed E-state index contributed by atoms with van der Waals surface area (Å²) < 4.78 is 0. The zero-order valence-electron chi connectivity index (χ0n) is 11.4. The van der Waals surface area contributed by atoms with Crippen LogP contribution in [0.1, 0.15) is 44.7 Å². The minimum Gasteiger partial charge on any atom is -0.328 e. The number of hydrogen-bond donors (Lipinski definition) is 1. The molecular weight excluding hydrogens is 222 g/mol. The lowest BCUT2D eigenvalue weighted by Gasteiger charge is -2.35. The van der Waals surface area contributed by atoms with Gasteiger partial charge in [0.15, 0.2) is 0 Å². The van der Waals surface area contributed by atoms with E-state index in [1.807, 2.05) is 12.3 Å². The van der Waals surface area contributed by atoms with Crippen molar-refractivity contribution in [1.82, 2.24) is 9.88 Å². The quantitative estimate of drug-likeness (QED) is 0.869. The van der Waals surface area contributed by atoms with Gasteiger partial charge in [-0.25, -0.2) is 0 Å². The standard InChI is InChI=1S/C15H25N3/c1-2-11-18(12-14-5-3-4-10-17-14)15-8-6-13(16)7-9-15/h3-5,10,13,15H,2,6-9,11-12,16H2,1H3. The highest BCUT2D eigenvalue weighted by molar-refractivity contribution is 5.03. The Labute approximate surface area is 110 Å². The van der Waals surface area contributed by atoms with Crippen molar-refractivity contribution in [3.8, 4) is 0 Å². The molecule has 1 heterocycles. The monoisotopic (exact) mass is 247 g/mol. The molecule has 0 aliphatic heterocycles. The average molecular weight is 247 g/mol. The number of hydrogen-bond acceptors (Lipinski definition) is 3. The molecular formula is C15H25N3. The van der Waals surface area contributed by atoms with Crippen molar-refractivity contribution in [2.75, 3.05) is 6.54 Å². The Balaban J connectivity index is 1.95. The summed E-state index contributed by atoms with van der Waals surface area (Å²) in [6, 6.07) is 7.31. The first-order chi connectivity index (χ1) is 8.79. The van der Waals surface area contributed by atoms with Crippen LogP contribution in [0.5, 0.6) is 0 Å². The lowest BCUT2D eigenvalue weighted by molar-refractivity contribution is 0.140. The Morgan fingerprint density at radius 1 is 1.28 bits per heavy atom. The maximum absolute atomic E-state index is 5.99. The second kappa shape index (κ2) is 6.86. The Morgan fingerprint density at radius 3 is 2.67 bits per heavy atom. The summed E-state index contributed by atoms with van der Waals surface area (Å²) in [7, 11) is 0. The molecule has 0 spiro atoms. The Bertz CT molecular complexity index is 331. The number of aromatic nitrogens is 1. The summed E-state index contributed by atoms with van der Waals surface area (Å²) in [4.78, 5) is 7.04. The first-order valence-electron chi connectivity index (χ1n) is 7.19.